The first-order valence-electron chi connectivity index (χ1n) is 8.07. The van der Waals surface area contributed by atoms with Crippen LogP contribution in [0.2, 0.25) is 0 Å². The molecule has 2 aliphatic rings. The topological polar surface area (TPSA) is 29.5 Å². The lowest BCUT2D eigenvalue weighted by Gasteiger charge is -2.42. The summed E-state index contributed by atoms with van der Waals surface area (Å²) in [5, 5.41) is 0. The van der Waals surface area contributed by atoms with Crippen molar-refractivity contribution in [3.63, 3.8) is 0 Å². The largest absolute Gasteiger partial charge is 0.361 e. The van der Waals surface area contributed by atoms with Crippen LogP contribution in [0.4, 0.5) is 0 Å². The van der Waals surface area contributed by atoms with Gasteiger partial charge in [-0.3, -0.25) is 4.79 Å². The number of halogens is 2. The number of ether oxygens (including phenoxy) is 1. The summed E-state index contributed by atoms with van der Waals surface area (Å²) in [5.74, 6) is 0.0961. The van der Waals surface area contributed by atoms with Crippen molar-refractivity contribution in [1.82, 2.24) is 4.90 Å². The molecule has 0 N–H and O–H groups in total. The highest BCUT2D eigenvalue weighted by Gasteiger charge is 2.45. The first-order valence-corrected chi connectivity index (χ1v) is 9.66. The second kappa shape index (κ2) is 6.62. The fourth-order valence-corrected chi connectivity index (χ4v) is 3.87. The minimum atomic E-state index is -0.141. The molecule has 0 aromatic heterocycles. The van der Waals surface area contributed by atoms with E-state index >= 15 is 0 Å². The molecule has 3 nitrogen and oxygen atoms in total. The maximum Gasteiger partial charge on any atom is 0.249 e. The van der Waals surface area contributed by atoms with E-state index in [0.29, 0.717) is 6.04 Å². The molecule has 2 aromatic carbocycles. The first kappa shape index (κ1) is 16.3. The van der Waals surface area contributed by atoms with Crippen molar-refractivity contribution in [3.05, 3.63) is 68.6 Å². The monoisotopic (exact) mass is 449 g/mol. The molecule has 1 aliphatic heterocycles. The van der Waals surface area contributed by atoms with E-state index in [9.17, 15) is 4.79 Å². The molecule has 1 saturated heterocycles. The van der Waals surface area contributed by atoms with Crippen LogP contribution >= 0.6 is 31.9 Å². The lowest BCUT2D eigenvalue weighted by Crippen LogP contribution is -2.46. The minimum Gasteiger partial charge on any atom is -0.361 e. The number of carbonyl (C=O) groups is 1. The van der Waals surface area contributed by atoms with Crippen molar-refractivity contribution in [2.24, 2.45) is 0 Å². The van der Waals surface area contributed by atoms with E-state index in [1.54, 1.807) is 0 Å². The maximum absolute atomic E-state index is 12.5. The van der Waals surface area contributed by atoms with Crippen LogP contribution in [0.1, 0.15) is 36.1 Å². The van der Waals surface area contributed by atoms with Gasteiger partial charge in [-0.1, -0.05) is 56.1 Å². The Morgan fingerprint density at radius 2 is 1.42 bits per heavy atom. The summed E-state index contributed by atoms with van der Waals surface area (Å²) in [6.07, 6.45) is 2.04. The molecule has 0 unspecified atom stereocenters. The summed E-state index contributed by atoms with van der Waals surface area (Å²) in [4.78, 5) is 14.6. The standard InChI is InChI=1S/C19H17Br2NO2/c20-14-5-1-12(2-6-14)18-19(13-3-7-15(21)8-4-13)24-11-17(23)22(18)16-9-10-16/h1-8,16,18-19H,9-11H2/t18-,19+/m0/s1. The molecule has 2 fully saturated rings. The normalized spacial score (nSPS) is 24.2. The summed E-state index contributed by atoms with van der Waals surface area (Å²) < 4.78 is 8.08. The van der Waals surface area contributed by atoms with E-state index in [1.807, 2.05) is 24.3 Å². The maximum atomic E-state index is 12.5. The molecule has 1 amide bonds. The predicted octanol–water partition coefficient (Wildman–Crippen LogP) is 5.02. The Hall–Kier alpha value is -1.17. The fraction of sp³-hybridized carbons (Fsp3) is 0.316. The molecular weight excluding hydrogens is 434 g/mol. The van der Waals surface area contributed by atoms with Gasteiger partial charge in [-0.2, -0.15) is 0 Å². The van der Waals surface area contributed by atoms with Gasteiger partial charge < -0.3 is 9.64 Å². The molecule has 1 aliphatic carbocycles. The second-order valence-corrected chi connectivity index (χ2v) is 8.14. The van der Waals surface area contributed by atoms with Gasteiger partial charge in [0.1, 0.15) is 12.7 Å². The fourth-order valence-electron chi connectivity index (χ4n) is 3.34. The van der Waals surface area contributed by atoms with Gasteiger partial charge in [0, 0.05) is 15.0 Å². The zero-order chi connectivity index (χ0) is 16.7. The van der Waals surface area contributed by atoms with E-state index in [-0.39, 0.29) is 24.7 Å². The molecule has 2 atom stereocenters. The Balaban J connectivity index is 1.76. The second-order valence-electron chi connectivity index (χ2n) is 6.31. The summed E-state index contributed by atoms with van der Waals surface area (Å²) >= 11 is 6.97. The summed E-state index contributed by atoms with van der Waals surface area (Å²) in [5.41, 5.74) is 2.22. The Labute approximate surface area is 158 Å². The SMILES string of the molecule is O=C1CO[C@H](c2ccc(Br)cc2)[C@H](c2ccc(Br)cc2)N1C1CC1. The molecule has 4 rings (SSSR count). The average Bonchev–Trinajstić information content (AvgIpc) is 3.41. The van der Waals surface area contributed by atoms with Crippen LogP contribution in [-0.4, -0.2) is 23.5 Å². The molecule has 1 saturated carbocycles. The lowest BCUT2D eigenvalue weighted by atomic mass is 9.92. The molecule has 0 radical (unpaired) electrons. The summed E-state index contributed by atoms with van der Waals surface area (Å²) in [7, 11) is 0. The van der Waals surface area contributed by atoms with Crippen molar-refractivity contribution in [2.45, 2.75) is 31.0 Å². The van der Waals surface area contributed by atoms with E-state index in [1.165, 1.54) is 0 Å². The van der Waals surface area contributed by atoms with Gasteiger partial charge in [0.15, 0.2) is 0 Å². The predicted molar refractivity (Wildman–Crippen MR) is 99.6 cm³/mol. The van der Waals surface area contributed by atoms with E-state index < -0.39 is 0 Å². The third kappa shape index (κ3) is 3.17. The Kier molecular flexibility index (Phi) is 4.50. The average molecular weight is 451 g/mol. The minimum absolute atomic E-state index is 0.0759. The highest BCUT2D eigenvalue weighted by Crippen LogP contribution is 2.45. The third-order valence-electron chi connectivity index (χ3n) is 4.61. The van der Waals surface area contributed by atoms with Gasteiger partial charge in [-0.05, 0) is 48.2 Å². The van der Waals surface area contributed by atoms with Crippen molar-refractivity contribution in [1.29, 1.82) is 0 Å². The molecule has 24 heavy (non-hydrogen) atoms. The van der Waals surface area contributed by atoms with Crippen LogP contribution in [0.5, 0.6) is 0 Å². The van der Waals surface area contributed by atoms with E-state index in [0.717, 1.165) is 32.9 Å². The molecular formula is C19H17Br2NO2. The van der Waals surface area contributed by atoms with Crippen LogP contribution in [0, 0.1) is 0 Å². The van der Waals surface area contributed by atoms with Crippen LogP contribution in [-0.2, 0) is 9.53 Å². The number of carbonyl (C=O) groups excluding carboxylic acids is 1. The van der Waals surface area contributed by atoms with Crippen LogP contribution in [0.3, 0.4) is 0 Å². The molecule has 1 heterocycles. The molecule has 0 bridgehead atoms. The van der Waals surface area contributed by atoms with E-state index in [4.69, 9.17) is 4.74 Å². The molecule has 124 valence electrons. The highest BCUT2D eigenvalue weighted by molar-refractivity contribution is 9.10. The summed E-state index contributed by atoms with van der Waals surface area (Å²) in [6, 6.07) is 16.7. The van der Waals surface area contributed by atoms with Crippen molar-refractivity contribution in [2.75, 3.05) is 6.61 Å². The van der Waals surface area contributed by atoms with Crippen LogP contribution < -0.4 is 0 Å². The molecule has 0 spiro atoms. The number of amides is 1. The Morgan fingerprint density at radius 1 is 0.875 bits per heavy atom. The van der Waals surface area contributed by atoms with Crippen molar-refractivity contribution < 1.29 is 9.53 Å². The number of nitrogens with zero attached hydrogens (tertiary/aromatic N) is 1. The van der Waals surface area contributed by atoms with Gasteiger partial charge in [0.2, 0.25) is 5.91 Å². The highest BCUT2D eigenvalue weighted by atomic mass is 79.9. The number of rotatable bonds is 3. The third-order valence-corrected chi connectivity index (χ3v) is 5.67. The number of hydrogen-bond donors (Lipinski definition) is 0. The van der Waals surface area contributed by atoms with Crippen LogP contribution in [0.15, 0.2) is 57.5 Å². The van der Waals surface area contributed by atoms with Crippen LogP contribution in [0.25, 0.3) is 0 Å². The number of benzene rings is 2. The quantitative estimate of drug-likeness (QED) is 0.657. The number of morpholine rings is 1. The van der Waals surface area contributed by atoms with Crippen molar-refractivity contribution in [3.8, 4) is 0 Å². The summed E-state index contributed by atoms with van der Waals surface area (Å²) in [6.45, 7) is 0.157. The zero-order valence-electron chi connectivity index (χ0n) is 13.0. The van der Waals surface area contributed by atoms with Gasteiger partial charge in [-0.15, -0.1) is 0 Å². The van der Waals surface area contributed by atoms with Gasteiger partial charge in [0.05, 0.1) is 6.04 Å². The van der Waals surface area contributed by atoms with Crippen molar-refractivity contribution >= 4 is 37.8 Å². The first-order chi connectivity index (χ1) is 11.6. The Morgan fingerprint density at radius 3 is 1.96 bits per heavy atom. The lowest BCUT2D eigenvalue weighted by molar-refractivity contribution is -0.159. The van der Waals surface area contributed by atoms with Gasteiger partial charge in [0.25, 0.3) is 0 Å². The molecule has 2 aromatic rings. The van der Waals surface area contributed by atoms with Gasteiger partial charge in [-0.25, -0.2) is 0 Å². The van der Waals surface area contributed by atoms with Gasteiger partial charge >= 0.3 is 0 Å². The molecule has 5 heteroatoms. The number of hydrogen-bond acceptors (Lipinski definition) is 2. The Bertz CT molecular complexity index is 741. The van der Waals surface area contributed by atoms with E-state index in [2.05, 4.69) is 61.0 Å². The zero-order valence-corrected chi connectivity index (χ0v) is 16.2. The smallest absolute Gasteiger partial charge is 0.249 e.